The zero-order valence-corrected chi connectivity index (χ0v) is 11.0. The Labute approximate surface area is 119 Å². The summed E-state index contributed by atoms with van der Waals surface area (Å²) in [5, 5.41) is 12.5. The minimum Gasteiger partial charge on any atom is -0.495 e. The third-order valence-corrected chi connectivity index (χ3v) is 2.21. The molecule has 2 amide bonds. The molecule has 0 radical (unpaired) electrons. The molecule has 0 heterocycles. The molecule has 0 saturated heterocycles. The Bertz CT molecular complexity index is 562. The second-order valence-electron chi connectivity index (χ2n) is 3.80. The van der Waals surface area contributed by atoms with Crippen LogP contribution in [0.3, 0.4) is 0 Å². The van der Waals surface area contributed by atoms with Crippen molar-refractivity contribution in [3.05, 3.63) is 23.8 Å². The highest BCUT2D eigenvalue weighted by Gasteiger charge is 2.27. The Morgan fingerprint density at radius 3 is 2.71 bits per heavy atom. The predicted molar refractivity (Wildman–Crippen MR) is 70.0 cm³/mol. The summed E-state index contributed by atoms with van der Waals surface area (Å²) in [6.07, 6.45) is -4.49. The van der Waals surface area contributed by atoms with Crippen molar-refractivity contribution in [2.45, 2.75) is 6.18 Å². The number of amides is 2. The Morgan fingerprint density at radius 1 is 1.43 bits per heavy atom. The largest absolute Gasteiger partial charge is 0.495 e. The molecule has 0 aliphatic carbocycles. The van der Waals surface area contributed by atoms with E-state index in [9.17, 15) is 18.0 Å². The van der Waals surface area contributed by atoms with Crippen molar-refractivity contribution < 1.29 is 27.8 Å². The van der Waals surface area contributed by atoms with Crippen molar-refractivity contribution in [1.82, 2.24) is 5.32 Å². The number of methoxy groups -OCH3 is 1. The Kier molecular flexibility index (Phi) is 5.87. The molecule has 0 bridgehead atoms. The number of halogens is 3. The molecule has 1 rings (SSSR count). The van der Waals surface area contributed by atoms with E-state index in [-0.39, 0.29) is 18.0 Å². The van der Waals surface area contributed by atoms with Gasteiger partial charge < -0.3 is 20.5 Å². The molecule has 0 saturated carbocycles. The summed E-state index contributed by atoms with van der Waals surface area (Å²) >= 11 is 0. The van der Waals surface area contributed by atoms with Crippen LogP contribution in [0.25, 0.3) is 0 Å². The highest BCUT2D eigenvalue weighted by Crippen LogP contribution is 2.25. The molecule has 1 aromatic carbocycles. The van der Waals surface area contributed by atoms with Gasteiger partial charge in [-0.1, -0.05) is 11.8 Å². The minimum absolute atomic E-state index is 0.168. The summed E-state index contributed by atoms with van der Waals surface area (Å²) in [7, 11) is 1.35. The highest BCUT2D eigenvalue weighted by atomic mass is 19.4. The molecular weight excluding hydrogens is 289 g/mol. The standard InChI is InChI=1S/C13H13F3N2O3/c1-21-11-5-4-9(3-2-6-19)7-10(11)18-12(20)17-8-13(14,15)16/h4-5,7,19H,6,8H2,1H3,(H2,17,18,20). The molecule has 0 unspecified atom stereocenters. The predicted octanol–water partition coefficient (Wildman–Crippen LogP) is 1.72. The summed E-state index contributed by atoms with van der Waals surface area (Å²) < 4.78 is 41.0. The van der Waals surface area contributed by atoms with E-state index in [1.54, 1.807) is 11.4 Å². The molecule has 0 aromatic heterocycles. The molecule has 0 spiro atoms. The average molecular weight is 302 g/mol. The van der Waals surface area contributed by atoms with Gasteiger partial charge in [-0.05, 0) is 18.2 Å². The number of benzene rings is 1. The first-order valence-electron chi connectivity index (χ1n) is 5.75. The molecule has 0 atom stereocenters. The third-order valence-electron chi connectivity index (χ3n) is 2.21. The van der Waals surface area contributed by atoms with Crippen LogP contribution in [0.2, 0.25) is 0 Å². The fraction of sp³-hybridized carbons (Fsp3) is 0.308. The molecule has 8 heteroatoms. The maximum atomic E-state index is 12.0. The number of alkyl halides is 3. The summed E-state index contributed by atoms with van der Waals surface area (Å²) in [6.45, 7) is -1.77. The van der Waals surface area contributed by atoms with Gasteiger partial charge in [0.25, 0.3) is 0 Å². The van der Waals surface area contributed by atoms with E-state index in [1.165, 1.54) is 19.2 Å². The lowest BCUT2D eigenvalue weighted by atomic mass is 10.2. The maximum absolute atomic E-state index is 12.0. The van der Waals surface area contributed by atoms with Crippen LogP contribution in [0.4, 0.5) is 23.7 Å². The fourth-order valence-corrected chi connectivity index (χ4v) is 1.37. The van der Waals surface area contributed by atoms with Crippen LogP contribution in [0.15, 0.2) is 18.2 Å². The van der Waals surface area contributed by atoms with E-state index in [1.807, 2.05) is 0 Å². The van der Waals surface area contributed by atoms with Crippen LogP contribution in [-0.2, 0) is 0 Å². The van der Waals surface area contributed by atoms with E-state index in [0.717, 1.165) is 0 Å². The molecule has 0 aliphatic heterocycles. The van der Waals surface area contributed by atoms with Crippen molar-refractivity contribution in [1.29, 1.82) is 0 Å². The van der Waals surface area contributed by atoms with Crippen LogP contribution in [0.5, 0.6) is 5.75 Å². The van der Waals surface area contributed by atoms with Gasteiger partial charge in [0, 0.05) is 5.56 Å². The molecule has 0 fully saturated rings. The van der Waals surface area contributed by atoms with Gasteiger partial charge in [0.05, 0.1) is 12.8 Å². The second kappa shape index (κ2) is 7.40. The summed E-state index contributed by atoms with van der Waals surface area (Å²) in [6, 6.07) is 3.49. The van der Waals surface area contributed by atoms with Gasteiger partial charge in [0.15, 0.2) is 0 Å². The molecule has 5 nitrogen and oxygen atoms in total. The monoisotopic (exact) mass is 302 g/mol. The second-order valence-corrected chi connectivity index (χ2v) is 3.80. The zero-order chi connectivity index (χ0) is 15.9. The number of urea groups is 1. The van der Waals surface area contributed by atoms with Crippen LogP contribution < -0.4 is 15.4 Å². The number of carbonyl (C=O) groups is 1. The van der Waals surface area contributed by atoms with E-state index >= 15 is 0 Å². The van der Waals surface area contributed by atoms with Crippen molar-refractivity contribution in [2.75, 3.05) is 25.6 Å². The number of aliphatic hydroxyl groups excluding tert-OH is 1. The van der Waals surface area contributed by atoms with Crippen molar-refractivity contribution in [3.8, 4) is 17.6 Å². The summed E-state index contributed by atoms with van der Waals surface area (Å²) in [5.41, 5.74) is 0.637. The van der Waals surface area contributed by atoms with Crippen LogP contribution >= 0.6 is 0 Å². The lowest BCUT2D eigenvalue weighted by Gasteiger charge is -2.12. The van der Waals surface area contributed by atoms with Crippen LogP contribution in [0.1, 0.15) is 5.56 Å². The van der Waals surface area contributed by atoms with E-state index in [4.69, 9.17) is 9.84 Å². The number of nitrogens with one attached hydrogen (secondary N) is 2. The third kappa shape index (κ3) is 6.05. The smallest absolute Gasteiger partial charge is 0.405 e. The quantitative estimate of drug-likeness (QED) is 0.745. The Hall–Kier alpha value is -2.40. The Morgan fingerprint density at radius 2 is 2.14 bits per heavy atom. The SMILES string of the molecule is COc1ccc(C#CCO)cc1NC(=O)NCC(F)(F)F. The Balaban J connectivity index is 2.82. The van der Waals surface area contributed by atoms with Crippen molar-refractivity contribution in [3.63, 3.8) is 0 Å². The van der Waals surface area contributed by atoms with Gasteiger partial charge >= 0.3 is 12.2 Å². The molecule has 1 aromatic rings. The van der Waals surface area contributed by atoms with Gasteiger partial charge in [-0.15, -0.1) is 0 Å². The molecule has 114 valence electrons. The van der Waals surface area contributed by atoms with E-state index < -0.39 is 18.8 Å². The van der Waals surface area contributed by atoms with Gasteiger partial charge in [-0.2, -0.15) is 13.2 Å². The number of hydrogen-bond donors (Lipinski definition) is 3. The topological polar surface area (TPSA) is 70.6 Å². The summed E-state index contributed by atoms with van der Waals surface area (Å²) in [5.74, 6) is 5.29. The number of rotatable bonds is 3. The van der Waals surface area contributed by atoms with Gasteiger partial charge in [-0.3, -0.25) is 0 Å². The highest BCUT2D eigenvalue weighted by molar-refractivity contribution is 5.91. The number of aliphatic hydroxyl groups is 1. The normalized spacial score (nSPS) is 10.3. The van der Waals surface area contributed by atoms with E-state index in [2.05, 4.69) is 17.2 Å². The van der Waals surface area contributed by atoms with Gasteiger partial charge in [-0.25, -0.2) is 4.79 Å². The van der Waals surface area contributed by atoms with Crippen LogP contribution in [0, 0.1) is 11.8 Å². The average Bonchev–Trinajstić information content (AvgIpc) is 2.42. The number of carbonyl (C=O) groups excluding carboxylic acids is 1. The lowest BCUT2D eigenvalue weighted by Crippen LogP contribution is -2.36. The van der Waals surface area contributed by atoms with Gasteiger partial charge in [0.1, 0.15) is 18.9 Å². The number of anilines is 1. The minimum atomic E-state index is -4.49. The molecule has 21 heavy (non-hydrogen) atoms. The van der Waals surface area contributed by atoms with Crippen LogP contribution in [-0.4, -0.2) is 37.6 Å². The molecule has 3 N–H and O–H groups in total. The zero-order valence-electron chi connectivity index (χ0n) is 11.0. The lowest BCUT2D eigenvalue weighted by molar-refractivity contribution is -0.122. The number of ether oxygens (including phenoxy) is 1. The van der Waals surface area contributed by atoms with Gasteiger partial charge in [0.2, 0.25) is 0 Å². The van der Waals surface area contributed by atoms with Crippen molar-refractivity contribution in [2.24, 2.45) is 0 Å². The first-order chi connectivity index (χ1) is 9.85. The molecular formula is C13H13F3N2O3. The first-order valence-corrected chi connectivity index (χ1v) is 5.75. The van der Waals surface area contributed by atoms with E-state index in [0.29, 0.717) is 5.56 Å². The summed E-state index contributed by atoms with van der Waals surface area (Å²) in [4.78, 5) is 11.4. The maximum Gasteiger partial charge on any atom is 0.405 e. The molecule has 0 aliphatic rings. The fourth-order valence-electron chi connectivity index (χ4n) is 1.37. The van der Waals surface area contributed by atoms with Crippen molar-refractivity contribution >= 4 is 11.7 Å². The number of hydrogen-bond acceptors (Lipinski definition) is 3. The first kappa shape index (κ1) is 16.7.